The molecular weight excluding hydrogens is 286 g/mol. The van der Waals surface area contributed by atoms with E-state index in [1.807, 2.05) is 19.3 Å². The Labute approximate surface area is 128 Å². The predicted octanol–water partition coefficient (Wildman–Crippen LogP) is 2.25. The molecule has 1 aliphatic heterocycles. The highest BCUT2D eigenvalue weighted by atomic mass is 32.1. The zero-order valence-corrected chi connectivity index (χ0v) is 13.1. The van der Waals surface area contributed by atoms with E-state index in [-0.39, 0.29) is 6.10 Å². The molecule has 0 saturated carbocycles. The number of nitrogens with zero attached hydrogens (tertiary/aromatic N) is 5. The lowest BCUT2D eigenvalue weighted by atomic mass is 10.1. The lowest BCUT2D eigenvalue weighted by Gasteiger charge is -2.31. The second-order valence-corrected chi connectivity index (χ2v) is 5.89. The summed E-state index contributed by atoms with van der Waals surface area (Å²) in [6, 6.07) is 0.484. The molecule has 1 aliphatic rings. The lowest BCUT2D eigenvalue weighted by Crippen LogP contribution is -2.38. The third-order valence-electron chi connectivity index (χ3n) is 3.59. The molecule has 21 heavy (non-hydrogen) atoms. The van der Waals surface area contributed by atoms with E-state index in [1.165, 1.54) is 11.5 Å². The molecule has 112 valence electrons. The SMILES string of the molecule is CCc1cnc(OC2CCN(c3nc(C)ns3)CC2)nc1. The van der Waals surface area contributed by atoms with Gasteiger partial charge in [-0.25, -0.2) is 15.0 Å². The summed E-state index contributed by atoms with van der Waals surface area (Å²) < 4.78 is 10.1. The fourth-order valence-electron chi connectivity index (χ4n) is 2.31. The number of hydrogen-bond acceptors (Lipinski definition) is 7. The van der Waals surface area contributed by atoms with Crippen molar-refractivity contribution in [3.05, 3.63) is 23.8 Å². The van der Waals surface area contributed by atoms with Crippen molar-refractivity contribution in [1.82, 2.24) is 19.3 Å². The van der Waals surface area contributed by atoms with E-state index in [1.54, 1.807) is 0 Å². The zero-order chi connectivity index (χ0) is 14.7. The van der Waals surface area contributed by atoms with Crippen LogP contribution in [0.15, 0.2) is 12.4 Å². The second-order valence-electron chi connectivity index (χ2n) is 5.16. The maximum absolute atomic E-state index is 5.86. The Balaban J connectivity index is 1.53. The summed E-state index contributed by atoms with van der Waals surface area (Å²) in [6.45, 7) is 5.88. The summed E-state index contributed by atoms with van der Waals surface area (Å²) in [5.41, 5.74) is 1.13. The largest absolute Gasteiger partial charge is 0.460 e. The third kappa shape index (κ3) is 3.47. The highest BCUT2D eigenvalue weighted by molar-refractivity contribution is 7.09. The molecular formula is C14H19N5OS. The van der Waals surface area contributed by atoms with Gasteiger partial charge in [-0.1, -0.05) is 6.92 Å². The van der Waals surface area contributed by atoms with E-state index < -0.39 is 0 Å². The van der Waals surface area contributed by atoms with E-state index in [0.717, 1.165) is 48.9 Å². The van der Waals surface area contributed by atoms with E-state index in [0.29, 0.717) is 6.01 Å². The molecule has 0 amide bonds. The van der Waals surface area contributed by atoms with E-state index in [2.05, 4.69) is 31.1 Å². The summed E-state index contributed by atoms with van der Waals surface area (Å²) >= 11 is 1.46. The zero-order valence-electron chi connectivity index (χ0n) is 12.3. The molecule has 0 radical (unpaired) electrons. The fourth-order valence-corrected chi connectivity index (χ4v) is 3.04. The lowest BCUT2D eigenvalue weighted by molar-refractivity contribution is 0.156. The van der Waals surface area contributed by atoms with Crippen molar-refractivity contribution in [2.75, 3.05) is 18.0 Å². The van der Waals surface area contributed by atoms with E-state index >= 15 is 0 Å². The van der Waals surface area contributed by atoms with Crippen molar-refractivity contribution >= 4 is 16.7 Å². The first-order valence-electron chi connectivity index (χ1n) is 7.27. The summed E-state index contributed by atoms with van der Waals surface area (Å²) in [5, 5.41) is 1.01. The maximum Gasteiger partial charge on any atom is 0.316 e. The second kappa shape index (κ2) is 6.34. The minimum atomic E-state index is 0.183. The first-order chi connectivity index (χ1) is 10.2. The molecule has 6 nitrogen and oxygen atoms in total. The highest BCUT2D eigenvalue weighted by Gasteiger charge is 2.23. The molecule has 0 atom stereocenters. The van der Waals surface area contributed by atoms with Gasteiger partial charge in [-0.15, -0.1) is 0 Å². The molecule has 0 spiro atoms. The molecule has 1 fully saturated rings. The van der Waals surface area contributed by atoms with Crippen LogP contribution in [0, 0.1) is 6.92 Å². The molecule has 2 aromatic rings. The average Bonchev–Trinajstić information content (AvgIpc) is 2.95. The van der Waals surface area contributed by atoms with Gasteiger partial charge in [0.15, 0.2) is 0 Å². The Hall–Kier alpha value is -1.76. The van der Waals surface area contributed by atoms with Gasteiger partial charge in [0.2, 0.25) is 5.13 Å². The number of aromatic nitrogens is 4. The average molecular weight is 305 g/mol. The van der Waals surface area contributed by atoms with Crippen LogP contribution in [0.1, 0.15) is 31.2 Å². The standard InChI is InChI=1S/C14H19N5OS/c1-3-11-8-15-13(16-9-11)20-12-4-6-19(7-5-12)14-17-10(2)18-21-14/h8-9,12H,3-7H2,1-2H3. The highest BCUT2D eigenvalue weighted by Crippen LogP contribution is 2.23. The molecule has 0 bridgehead atoms. The van der Waals surface area contributed by atoms with Crippen molar-refractivity contribution in [1.29, 1.82) is 0 Å². The quantitative estimate of drug-likeness (QED) is 0.863. The number of anilines is 1. The maximum atomic E-state index is 5.86. The predicted molar refractivity (Wildman–Crippen MR) is 81.9 cm³/mol. The van der Waals surface area contributed by atoms with Crippen LogP contribution in [0.4, 0.5) is 5.13 Å². The molecule has 0 aromatic carbocycles. The summed E-state index contributed by atoms with van der Waals surface area (Å²) in [6.07, 6.45) is 6.71. The van der Waals surface area contributed by atoms with E-state index in [9.17, 15) is 0 Å². The van der Waals surface area contributed by atoms with Gasteiger partial charge in [-0.05, 0) is 18.9 Å². The Morgan fingerprint density at radius 1 is 1.29 bits per heavy atom. The molecule has 3 heterocycles. The van der Waals surface area contributed by atoms with Crippen LogP contribution < -0.4 is 9.64 Å². The monoisotopic (exact) mass is 305 g/mol. The number of hydrogen-bond donors (Lipinski definition) is 0. The minimum Gasteiger partial charge on any atom is -0.460 e. The van der Waals surface area contributed by atoms with Gasteiger partial charge in [0, 0.05) is 49.9 Å². The van der Waals surface area contributed by atoms with Gasteiger partial charge in [0.05, 0.1) is 0 Å². The van der Waals surface area contributed by atoms with Crippen molar-refractivity contribution in [3.8, 4) is 6.01 Å². The summed E-state index contributed by atoms with van der Waals surface area (Å²) in [5.74, 6) is 0.845. The van der Waals surface area contributed by atoms with Gasteiger partial charge in [-0.3, -0.25) is 0 Å². The summed E-state index contributed by atoms with van der Waals surface area (Å²) in [4.78, 5) is 15.2. The normalized spacial score (nSPS) is 16.2. The summed E-state index contributed by atoms with van der Waals surface area (Å²) in [7, 11) is 0. The first-order valence-corrected chi connectivity index (χ1v) is 8.04. The van der Waals surface area contributed by atoms with Crippen LogP contribution in [-0.4, -0.2) is 38.5 Å². The van der Waals surface area contributed by atoms with Crippen LogP contribution in [-0.2, 0) is 6.42 Å². The number of rotatable bonds is 4. The van der Waals surface area contributed by atoms with Crippen LogP contribution in [0.3, 0.4) is 0 Å². The molecule has 7 heteroatoms. The van der Waals surface area contributed by atoms with Crippen LogP contribution >= 0.6 is 11.5 Å². The van der Waals surface area contributed by atoms with Crippen LogP contribution in [0.25, 0.3) is 0 Å². The van der Waals surface area contributed by atoms with Gasteiger partial charge in [0.25, 0.3) is 0 Å². The van der Waals surface area contributed by atoms with Crippen LogP contribution in [0.5, 0.6) is 6.01 Å². The Bertz CT molecular complexity index is 577. The number of ether oxygens (including phenoxy) is 1. The Kier molecular flexibility index (Phi) is 4.28. The molecule has 0 N–H and O–H groups in total. The Morgan fingerprint density at radius 3 is 2.57 bits per heavy atom. The van der Waals surface area contributed by atoms with Crippen molar-refractivity contribution in [2.45, 2.75) is 39.2 Å². The van der Waals surface area contributed by atoms with Gasteiger partial charge >= 0.3 is 6.01 Å². The van der Waals surface area contributed by atoms with Gasteiger partial charge in [-0.2, -0.15) is 4.37 Å². The molecule has 3 rings (SSSR count). The van der Waals surface area contributed by atoms with Crippen LogP contribution in [0.2, 0.25) is 0 Å². The van der Waals surface area contributed by atoms with Gasteiger partial charge in [0.1, 0.15) is 11.9 Å². The molecule has 0 unspecified atom stereocenters. The first kappa shape index (κ1) is 14.2. The molecule has 1 saturated heterocycles. The minimum absolute atomic E-state index is 0.183. The Morgan fingerprint density at radius 2 is 2.00 bits per heavy atom. The fraction of sp³-hybridized carbons (Fsp3) is 0.571. The number of piperidine rings is 1. The van der Waals surface area contributed by atoms with Crippen molar-refractivity contribution in [2.24, 2.45) is 0 Å². The number of aryl methyl sites for hydroxylation is 2. The van der Waals surface area contributed by atoms with E-state index in [4.69, 9.17) is 4.74 Å². The molecule has 2 aromatic heterocycles. The topological polar surface area (TPSA) is 64.0 Å². The van der Waals surface area contributed by atoms with Gasteiger partial charge < -0.3 is 9.64 Å². The van der Waals surface area contributed by atoms with Crippen molar-refractivity contribution in [3.63, 3.8) is 0 Å². The molecule has 0 aliphatic carbocycles. The smallest absolute Gasteiger partial charge is 0.316 e. The third-order valence-corrected chi connectivity index (χ3v) is 4.46. The van der Waals surface area contributed by atoms with Crippen molar-refractivity contribution < 1.29 is 4.74 Å².